The molecule has 1 nitrogen and oxygen atoms in total. The lowest BCUT2D eigenvalue weighted by atomic mass is 10.3. The molecule has 1 aliphatic heterocycles. The topological polar surface area (TPSA) is 12.0 Å². The SMILES string of the molecule is [2H]C[C@@H]1CCC([2H])([2H])N1. The minimum absolute atomic E-state index is 0.0833. The third kappa shape index (κ3) is 0.716. The van der Waals surface area contributed by atoms with Crippen LogP contribution in [-0.4, -0.2) is 12.5 Å². The predicted molar refractivity (Wildman–Crippen MR) is 26.7 cm³/mol. The van der Waals surface area contributed by atoms with E-state index in [0.29, 0.717) is 13.3 Å². The Hall–Kier alpha value is -0.0400. The molecule has 0 saturated carbocycles. The summed E-state index contributed by atoms with van der Waals surface area (Å²) >= 11 is 0. The maximum absolute atomic E-state index is 7.19. The summed E-state index contributed by atoms with van der Waals surface area (Å²) in [6.07, 6.45) is 1.35. The van der Waals surface area contributed by atoms with Gasteiger partial charge in [-0.15, -0.1) is 0 Å². The summed E-state index contributed by atoms with van der Waals surface area (Å²) in [5.41, 5.74) is 0. The Balaban J connectivity index is 2.38. The van der Waals surface area contributed by atoms with E-state index >= 15 is 0 Å². The first-order valence-corrected chi connectivity index (χ1v) is 2.21. The van der Waals surface area contributed by atoms with Crippen LogP contribution < -0.4 is 5.32 Å². The molecule has 0 amide bonds. The van der Waals surface area contributed by atoms with Gasteiger partial charge in [0.25, 0.3) is 0 Å². The fourth-order valence-corrected chi connectivity index (χ4v) is 0.535. The zero-order chi connectivity index (χ0) is 6.91. The van der Waals surface area contributed by atoms with Gasteiger partial charge in [0.05, 0.1) is 0 Å². The molecule has 0 spiro atoms. The zero-order valence-electron chi connectivity index (χ0n) is 6.70. The molecule has 1 fully saturated rings. The van der Waals surface area contributed by atoms with Gasteiger partial charge in [-0.3, -0.25) is 0 Å². The highest BCUT2D eigenvalue weighted by Gasteiger charge is 2.05. The molecule has 1 heteroatoms. The molecular weight excluding hydrogens is 74.1 g/mol. The summed E-state index contributed by atoms with van der Waals surface area (Å²) in [4.78, 5) is 0. The van der Waals surface area contributed by atoms with Gasteiger partial charge in [-0.05, 0) is 26.2 Å². The van der Waals surface area contributed by atoms with Crippen molar-refractivity contribution < 1.29 is 4.11 Å². The minimum Gasteiger partial charge on any atom is -0.314 e. The van der Waals surface area contributed by atoms with Crippen LogP contribution in [0.15, 0.2) is 0 Å². The Bertz CT molecular complexity index is 104. The lowest BCUT2D eigenvalue weighted by molar-refractivity contribution is 0.664. The molecule has 36 valence electrons. The lowest BCUT2D eigenvalue weighted by Gasteiger charge is -1.95. The maximum Gasteiger partial charge on any atom is 0.0428 e. The first-order valence-electron chi connectivity index (χ1n) is 3.92. The quantitative estimate of drug-likeness (QED) is 0.461. The fourth-order valence-electron chi connectivity index (χ4n) is 0.535. The third-order valence-electron chi connectivity index (χ3n) is 0.924. The highest BCUT2D eigenvalue weighted by molar-refractivity contribution is 4.67. The van der Waals surface area contributed by atoms with Gasteiger partial charge in [-0.2, -0.15) is 0 Å². The Morgan fingerprint density at radius 1 is 2.17 bits per heavy atom. The summed E-state index contributed by atoms with van der Waals surface area (Å²) in [6.45, 7) is -0.911. The second-order valence-electron chi connectivity index (χ2n) is 1.56. The van der Waals surface area contributed by atoms with Crippen LogP contribution in [0.2, 0.25) is 0 Å². The molecule has 0 bridgehead atoms. The van der Waals surface area contributed by atoms with E-state index in [-0.39, 0.29) is 6.04 Å². The Morgan fingerprint density at radius 2 is 3.17 bits per heavy atom. The van der Waals surface area contributed by atoms with E-state index < -0.39 is 6.50 Å². The average molecular weight is 88.2 g/mol. The van der Waals surface area contributed by atoms with Crippen LogP contribution in [0.1, 0.15) is 23.9 Å². The van der Waals surface area contributed by atoms with Gasteiger partial charge >= 0.3 is 0 Å². The summed E-state index contributed by atoms with van der Waals surface area (Å²) in [6, 6.07) is 0.0833. The molecule has 0 radical (unpaired) electrons. The van der Waals surface area contributed by atoms with E-state index in [0.717, 1.165) is 6.42 Å². The van der Waals surface area contributed by atoms with Crippen molar-refractivity contribution in [3.05, 3.63) is 0 Å². The van der Waals surface area contributed by atoms with Crippen molar-refractivity contribution >= 4 is 0 Å². The van der Waals surface area contributed by atoms with Gasteiger partial charge in [0.1, 0.15) is 0 Å². The molecule has 1 heterocycles. The van der Waals surface area contributed by atoms with Crippen molar-refractivity contribution in [2.75, 3.05) is 6.50 Å². The van der Waals surface area contributed by atoms with E-state index in [1.807, 2.05) is 0 Å². The van der Waals surface area contributed by atoms with Gasteiger partial charge < -0.3 is 5.32 Å². The number of hydrogen-bond donors (Lipinski definition) is 1. The molecule has 0 aromatic rings. The zero-order valence-corrected chi connectivity index (χ0v) is 3.70. The van der Waals surface area contributed by atoms with E-state index in [1.54, 1.807) is 0 Å². The van der Waals surface area contributed by atoms with E-state index in [9.17, 15) is 0 Å². The second-order valence-corrected chi connectivity index (χ2v) is 1.56. The van der Waals surface area contributed by atoms with Crippen LogP contribution in [0.25, 0.3) is 0 Å². The van der Waals surface area contributed by atoms with Crippen LogP contribution in [0.3, 0.4) is 0 Å². The van der Waals surface area contributed by atoms with Crippen molar-refractivity contribution in [1.82, 2.24) is 5.32 Å². The summed E-state index contributed by atoms with van der Waals surface area (Å²) in [5, 5.41) is 2.73. The van der Waals surface area contributed by atoms with Gasteiger partial charge in [0, 0.05) is 10.2 Å². The number of nitrogens with one attached hydrogen (secondary N) is 1. The largest absolute Gasteiger partial charge is 0.314 e. The van der Waals surface area contributed by atoms with E-state index in [4.69, 9.17) is 4.11 Å². The van der Waals surface area contributed by atoms with Crippen molar-refractivity contribution in [1.29, 1.82) is 0 Å². The summed E-state index contributed by atoms with van der Waals surface area (Å²) in [7, 11) is 0. The normalized spacial score (nSPS) is 50.0. The molecule has 1 N–H and O–H groups in total. The van der Waals surface area contributed by atoms with E-state index in [1.165, 1.54) is 0 Å². The van der Waals surface area contributed by atoms with E-state index in [2.05, 4.69) is 5.32 Å². The number of rotatable bonds is 0. The standard InChI is InChI=1S/C5H11N/c1-5-3-2-4-6-5/h5-6H,2-4H2,1H3/t5-/m1/s1/i1D,4D2. The first kappa shape index (κ1) is 1.83. The molecule has 1 rings (SSSR count). The molecule has 1 saturated heterocycles. The molecule has 0 unspecified atom stereocenters. The van der Waals surface area contributed by atoms with Crippen molar-refractivity contribution in [2.45, 2.75) is 25.8 Å². The second kappa shape index (κ2) is 1.61. The third-order valence-corrected chi connectivity index (χ3v) is 0.924. The monoisotopic (exact) mass is 88.1 g/mol. The smallest absolute Gasteiger partial charge is 0.0428 e. The molecule has 0 aliphatic carbocycles. The number of hydrogen-bond acceptors (Lipinski definition) is 1. The molecule has 0 aromatic carbocycles. The van der Waals surface area contributed by atoms with Gasteiger partial charge in [-0.1, -0.05) is 0 Å². The van der Waals surface area contributed by atoms with Crippen LogP contribution in [0.4, 0.5) is 0 Å². The van der Waals surface area contributed by atoms with Crippen molar-refractivity contribution in [2.24, 2.45) is 0 Å². The fraction of sp³-hybridized carbons (Fsp3) is 1.00. The molecule has 6 heavy (non-hydrogen) atoms. The van der Waals surface area contributed by atoms with Crippen molar-refractivity contribution in [3.63, 3.8) is 0 Å². The van der Waals surface area contributed by atoms with Gasteiger partial charge in [-0.25, -0.2) is 0 Å². The van der Waals surface area contributed by atoms with Crippen LogP contribution in [-0.2, 0) is 0 Å². The van der Waals surface area contributed by atoms with Crippen LogP contribution in [0, 0.1) is 0 Å². The minimum atomic E-state index is -1.20. The molecule has 1 atom stereocenters. The summed E-state index contributed by atoms with van der Waals surface area (Å²) in [5.74, 6) is 0. The highest BCUT2D eigenvalue weighted by Crippen LogP contribution is 2.01. The first-order chi connectivity index (χ1) is 4.14. The maximum atomic E-state index is 7.19. The highest BCUT2D eigenvalue weighted by atomic mass is 14.9. The Morgan fingerprint density at radius 3 is 3.50 bits per heavy atom. The average Bonchev–Trinajstić information content (AvgIpc) is 2.10. The van der Waals surface area contributed by atoms with Gasteiger partial charge in [0.2, 0.25) is 0 Å². The van der Waals surface area contributed by atoms with Gasteiger partial charge in [0.15, 0.2) is 0 Å². The van der Waals surface area contributed by atoms with Crippen LogP contribution >= 0.6 is 0 Å². The Kier molecular flexibility index (Phi) is 0.489. The van der Waals surface area contributed by atoms with Crippen molar-refractivity contribution in [3.8, 4) is 0 Å². The molecule has 0 aromatic heterocycles. The molecule has 1 aliphatic rings. The summed E-state index contributed by atoms with van der Waals surface area (Å²) < 4.78 is 21.3. The predicted octanol–water partition coefficient (Wildman–Crippen LogP) is 0.758. The lowest BCUT2D eigenvalue weighted by Crippen LogP contribution is -2.16. The molecular formula is C5H11N. The Labute approximate surface area is 43.0 Å². The van der Waals surface area contributed by atoms with Crippen LogP contribution in [0.5, 0.6) is 0 Å².